The predicted molar refractivity (Wildman–Crippen MR) is 90.3 cm³/mol. The van der Waals surface area contributed by atoms with Gasteiger partial charge >= 0.3 is 0 Å². The number of hydrogen-bond acceptors (Lipinski definition) is 4. The molecule has 0 saturated carbocycles. The number of nitro benzene ring substituents is 1. The molecule has 5 nitrogen and oxygen atoms in total. The Hall–Kier alpha value is -0.180. The van der Waals surface area contributed by atoms with Crippen molar-refractivity contribution in [2.24, 2.45) is 5.41 Å². The van der Waals surface area contributed by atoms with E-state index in [1.807, 2.05) is 0 Å². The van der Waals surface area contributed by atoms with Crippen molar-refractivity contribution in [3.63, 3.8) is 0 Å². The van der Waals surface area contributed by atoms with Gasteiger partial charge in [-0.05, 0) is 44.7 Å². The minimum Gasteiger partial charge on any atom is -0.491 e. The monoisotopic (exact) mass is 485 g/mol. The van der Waals surface area contributed by atoms with Gasteiger partial charge in [-0.15, -0.1) is 0 Å². The molecular weight excluding hydrogens is 474 g/mol. The highest BCUT2D eigenvalue weighted by molar-refractivity contribution is 9.11. The Morgan fingerprint density at radius 3 is 2.33 bits per heavy atom. The first-order valence-electron chi connectivity index (χ1n) is 6.37. The minimum absolute atomic E-state index is 0.0161. The molecule has 0 bridgehead atoms. The third kappa shape index (κ3) is 4.18. The lowest BCUT2D eigenvalue weighted by atomic mass is 9.83. The van der Waals surface area contributed by atoms with Crippen molar-refractivity contribution in [2.75, 3.05) is 25.2 Å². The van der Waals surface area contributed by atoms with Crippen LogP contribution in [0.15, 0.2) is 21.1 Å². The molecule has 0 radical (unpaired) electrons. The first-order chi connectivity index (χ1) is 9.97. The Labute approximate surface area is 147 Å². The van der Waals surface area contributed by atoms with Crippen LogP contribution in [0, 0.1) is 15.5 Å². The Morgan fingerprint density at radius 1 is 1.29 bits per heavy atom. The van der Waals surface area contributed by atoms with E-state index in [9.17, 15) is 10.1 Å². The molecule has 0 atom stereocenters. The van der Waals surface area contributed by atoms with E-state index in [1.54, 1.807) is 0 Å². The number of ether oxygens (including phenoxy) is 2. The van der Waals surface area contributed by atoms with Crippen molar-refractivity contribution in [3.8, 4) is 5.75 Å². The zero-order valence-corrected chi connectivity index (χ0v) is 15.9. The number of benzene rings is 1. The van der Waals surface area contributed by atoms with E-state index in [2.05, 4.69) is 47.8 Å². The van der Waals surface area contributed by atoms with Gasteiger partial charge in [0.25, 0.3) is 5.69 Å². The summed E-state index contributed by atoms with van der Waals surface area (Å²) in [6, 6.07) is 2.90. The van der Waals surface area contributed by atoms with Crippen LogP contribution >= 0.6 is 47.8 Å². The number of nitro groups is 1. The van der Waals surface area contributed by atoms with E-state index in [-0.39, 0.29) is 11.1 Å². The van der Waals surface area contributed by atoms with Crippen molar-refractivity contribution >= 4 is 53.5 Å². The molecule has 0 N–H and O–H groups in total. The molecule has 8 heteroatoms. The Kier molecular flexibility index (Phi) is 6.05. The fourth-order valence-electron chi connectivity index (χ4n) is 2.14. The largest absolute Gasteiger partial charge is 0.491 e. The second-order valence-corrected chi connectivity index (χ2v) is 7.30. The molecule has 1 aliphatic rings. The number of hydrogen-bond donors (Lipinski definition) is 0. The minimum atomic E-state index is -0.433. The molecular formula is C13H14Br3NO4. The van der Waals surface area contributed by atoms with Crippen LogP contribution in [0.25, 0.3) is 0 Å². The summed E-state index contributed by atoms with van der Waals surface area (Å²) in [5.74, 6) is 0.590. The normalized spacial score (nSPS) is 17.5. The lowest BCUT2D eigenvalue weighted by Crippen LogP contribution is -2.36. The van der Waals surface area contributed by atoms with E-state index >= 15 is 0 Å². The van der Waals surface area contributed by atoms with Gasteiger partial charge in [0.2, 0.25) is 0 Å². The van der Waals surface area contributed by atoms with E-state index in [4.69, 9.17) is 9.47 Å². The SMILES string of the molecule is O=[N+]([O-])c1cc(Br)c(OCC2(CBr)CCOCC2)c(Br)c1. The Morgan fingerprint density at radius 2 is 1.86 bits per heavy atom. The van der Waals surface area contributed by atoms with Gasteiger partial charge in [-0.25, -0.2) is 0 Å². The summed E-state index contributed by atoms with van der Waals surface area (Å²) >= 11 is 10.2. The summed E-state index contributed by atoms with van der Waals surface area (Å²) in [7, 11) is 0. The molecule has 0 spiro atoms. The molecule has 1 fully saturated rings. The average Bonchev–Trinajstić information content (AvgIpc) is 2.47. The Bertz CT molecular complexity index is 509. The highest BCUT2D eigenvalue weighted by atomic mass is 79.9. The van der Waals surface area contributed by atoms with Gasteiger partial charge in [0.15, 0.2) is 0 Å². The van der Waals surface area contributed by atoms with Gasteiger partial charge in [0, 0.05) is 36.1 Å². The average molecular weight is 488 g/mol. The lowest BCUT2D eigenvalue weighted by Gasteiger charge is -2.35. The highest BCUT2D eigenvalue weighted by Crippen LogP contribution is 2.40. The molecule has 116 valence electrons. The fraction of sp³-hybridized carbons (Fsp3) is 0.538. The van der Waals surface area contributed by atoms with Crippen LogP contribution in [-0.4, -0.2) is 30.1 Å². The summed E-state index contributed by atoms with van der Waals surface area (Å²) in [6.07, 6.45) is 1.86. The van der Waals surface area contributed by atoms with Gasteiger partial charge in [-0.2, -0.15) is 0 Å². The molecule has 1 aliphatic heterocycles. The number of halogens is 3. The Balaban J connectivity index is 2.14. The van der Waals surface area contributed by atoms with Crippen LogP contribution in [0.3, 0.4) is 0 Å². The molecule has 1 saturated heterocycles. The van der Waals surface area contributed by atoms with E-state index < -0.39 is 4.92 Å². The zero-order chi connectivity index (χ0) is 15.5. The number of non-ortho nitro benzene ring substituents is 1. The van der Waals surface area contributed by atoms with E-state index in [0.717, 1.165) is 31.4 Å². The van der Waals surface area contributed by atoms with E-state index in [1.165, 1.54) is 12.1 Å². The van der Waals surface area contributed by atoms with Gasteiger partial charge < -0.3 is 9.47 Å². The van der Waals surface area contributed by atoms with Crippen LogP contribution < -0.4 is 4.74 Å². The van der Waals surface area contributed by atoms with Crippen LogP contribution in [-0.2, 0) is 4.74 Å². The summed E-state index contributed by atoms with van der Waals surface area (Å²) in [6.45, 7) is 2.01. The molecule has 21 heavy (non-hydrogen) atoms. The zero-order valence-electron chi connectivity index (χ0n) is 11.1. The molecule has 1 aromatic rings. The van der Waals surface area contributed by atoms with Crippen molar-refractivity contribution in [3.05, 3.63) is 31.2 Å². The molecule has 0 amide bonds. The molecule has 0 aliphatic carbocycles. The topological polar surface area (TPSA) is 61.6 Å². The molecule has 0 aromatic heterocycles. The fourth-order valence-corrected chi connectivity index (χ4v) is 4.25. The molecule has 1 aromatic carbocycles. The van der Waals surface area contributed by atoms with Crippen molar-refractivity contribution in [1.82, 2.24) is 0 Å². The second kappa shape index (κ2) is 7.39. The summed E-state index contributed by atoms with van der Waals surface area (Å²) < 4.78 is 12.5. The maximum Gasteiger partial charge on any atom is 0.271 e. The predicted octanol–water partition coefficient (Wildman–Crippen LogP) is 4.69. The number of alkyl halides is 1. The summed E-state index contributed by atoms with van der Waals surface area (Å²) in [5, 5.41) is 11.7. The third-order valence-electron chi connectivity index (χ3n) is 3.55. The van der Waals surface area contributed by atoms with E-state index in [0.29, 0.717) is 21.3 Å². The lowest BCUT2D eigenvalue weighted by molar-refractivity contribution is -0.385. The highest BCUT2D eigenvalue weighted by Gasteiger charge is 2.33. The first kappa shape index (κ1) is 17.2. The van der Waals surface area contributed by atoms with Crippen molar-refractivity contribution in [1.29, 1.82) is 0 Å². The van der Waals surface area contributed by atoms with Crippen LogP contribution in [0.4, 0.5) is 5.69 Å². The van der Waals surface area contributed by atoms with Crippen LogP contribution in [0.2, 0.25) is 0 Å². The van der Waals surface area contributed by atoms with Gasteiger partial charge in [0.05, 0.1) is 20.5 Å². The number of nitrogens with zero attached hydrogens (tertiary/aromatic N) is 1. The van der Waals surface area contributed by atoms with Gasteiger partial charge in [-0.3, -0.25) is 10.1 Å². The quantitative estimate of drug-likeness (QED) is 0.343. The third-order valence-corrected chi connectivity index (χ3v) is 5.92. The standard InChI is InChI=1S/C13H14Br3NO4/c14-7-13(1-3-20-4-2-13)8-21-12-10(15)5-9(17(18)19)6-11(12)16/h5-6H,1-4,7-8H2. The molecule has 0 unspecified atom stereocenters. The van der Waals surface area contributed by atoms with Gasteiger partial charge in [0.1, 0.15) is 5.75 Å². The van der Waals surface area contributed by atoms with Crippen LogP contribution in [0.1, 0.15) is 12.8 Å². The number of rotatable bonds is 5. The molecule has 2 rings (SSSR count). The second-order valence-electron chi connectivity index (χ2n) is 5.03. The van der Waals surface area contributed by atoms with Gasteiger partial charge in [-0.1, -0.05) is 15.9 Å². The maximum absolute atomic E-state index is 10.8. The first-order valence-corrected chi connectivity index (χ1v) is 9.08. The molecule has 1 heterocycles. The van der Waals surface area contributed by atoms with Crippen molar-refractivity contribution < 1.29 is 14.4 Å². The smallest absolute Gasteiger partial charge is 0.271 e. The summed E-state index contributed by atoms with van der Waals surface area (Å²) in [4.78, 5) is 10.4. The van der Waals surface area contributed by atoms with Crippen LogP contribution in [0.5, 0.6) is 5.75 Å². The summed E-state index contributed by atoms with van der Waals surface area (Å²) in [5.41, 5.74) is 0.0567. The maximum atomic E-state index is 10.8. The van der Waals surface area contributed by atoms with Crippen molar-refractivity contribution in [2.45, 2.75) is 12.8 Å².